The molecule has 4 rings (SSSR count). The lowest BCUT2D eigenvalue weighted by Gasteiger charge is -2.18. The molecule has 0 aliphatic rings. The van der Waals surface area contributed by atoms with Crippen molar-refractivity contribution >= 4 is 21.6 Å². The van der Waals surface area contributed by atoms with Crippen LogP contribution in [0.1, 0.15) is 10.6 Å². The summed E-state index contributed by atoms with van der Waals surface area (Å²) in [6.45, 7) is 1.86. The second-order valence-electron chi connectivity index (χ2n) is 5.98. The van der Waals surface area contributed by atoms with Crippen LogP contribution in [-0.2, 0) is 6.18 Å². The Kier molecular flexibility index (Phi) is 4.04. The fourth-order valence-electron chi connectivity index (χ4n) is 3.22. The number of hydrogen-bond acceptors (Lipinski definition) is 2. The van der Waals surface area contributed by atoms with E-state index in [1.165, 1.54) is 23.5 Å². The highest BCUT2D eigenvalue weighted by Crippen LogP contribution is 2.44. The van der Waals surface area contributed by atoms with Crippen molar-refractivity contribution in [1.82, 2.24) is 4.98 Å². The number of nitrogens with zero attached hydrogens (tertiary/aromatic N) is 1. The normalized spacial score (nSPS) is 11.8. The Bertz CT molecular complexity index is 1080. The van der Waals surface area contributed by atoms with Gasteiger partial charge in [0.05, 0.1) is 20.8 Å². The Morgan fingerprint density at radius 1 is 0.769 bits per heavy atom. The van der Waals surface area contributed by atoms with Gasteiger partial charge >= 0.3 is 6.18 Å². The van der Waals surface area contributed by atoms with Gasteiger partial charge < -0.3 is 0 Å². The van der Waals surface area contributed by atoms with Gasteiger partial charge in [-0.05, 0) is 29.7 Å². The van der Waals surface area contributed by atoms with Gasteiger partial charge in [0.1, 0.15) is 0 Å². The molecule has 0 aliphatic heterocycles. The van der Waals surface area contributed by atoms with E-state index in [1.807, 2.05) is 13.0 Å². The largest absolute Gasteiger partial charge is 0.417 e. The van der Waals surface area contributed by atoms with Crippen LogP contribution < -0.4 is 0 Å². The fraction of sp³-hybridized carbons (Fsp3) is 0.0952. The number of aromatic nitrogens is 1. The second kappa shape index (κ2) is 6.25. The van der Waals surface area contributed by atoms with Crippen molar-refractivity contribution in [2.24, 2.45) is 0 Å². The minimum Gasteiger partial charge on any atom is -0.241 e. The van der Waals surface area contributed by atoms with Crippen LogP contribution in [0.2, 0.25) is 0 Å². The zero-order valence-electron chi connectivity index (χ0n) is 13.8. The lowest BCUT2D eigenvalue weighted by atomic mass is 9.91. The van der Waals surface area contributed by atoms with Crippen molar-refractivity contribution in [3.05, 3.63) is 77.3 Å². The van der Waals surface area contributed by atoms with E-state index in [4.69, 9.17) is 0 Å². The summed E-state index contributed by atoms with van der Waals surface area (Å²) in [7, 11) is 0. The van der Waals surface area contributed by atoms with Crippen molar-refractivity contribution in [2.75, 3.05) is 0 Å². The average Bonchev–Trinajstić information content (AvgIpc) is 3.01. The van der Waals surface area contributed by atoms with Crippen LogP contribution in [0, 0.1) is 6.92 Å². The summed E-state index contributed by atoms with van der Waals surface area (Å²) in [5, 5.41) is 0.834. The van der Waals surface area contributed by atoms with Crippen molar-refractivity contribution in [1.29, 1.82) is 0 Å². The van der Waals surface area contributed by atoms with Gasteiger partial charge in [-0.2, -0.15) is 13.2 Å². The van der Waals surface area contributed by atoms with Crippen LogP contribution in [0.15, 0.2) is 66.7 Å². The predicted molar refractivity (Wildman–Crippen MR) is 100 cm³/mol. The molecule has 0 atom stereocenters. The van der Waals surface area contributed by atoms with Gasteiger partial charge in [-0.3, -0.25) is 0 Å². The quantitative estimate of drug-likeness (QED) is 0.372. The maximum Gasteiger partial charge on any atom is 0.417 e. The second-order valence-corrected chi connectivity index (χ2v) is 7.21. The molecule has 1 aromatic heterocycles. The third kappa shape index (κ3) is 2.88. The molecule has 0 saturated heterocycles. The molecule has 0 spiro atoms. The summed E-state index contributed by atoms with van der Waals surface area (Å²) in [5.74, 6) is 0. The fourth-order valence-corrected chi connectivity index (χ4v) is 4.07. The molecule has 0 radical (unpaired) electrons. The number of alkyl halides is 3. The van der Waals surface area contributed by atoms with Gasteiger partial charge in [0.25, 0.3) is 0 Å². The summed E-state index contributed by atoms with van der Waals surface area (Å²) >= 11 is 1.48. The lowest BCUT2D eigenvalue weighted by molar-refractivity contribution is -0.136. The molecule has 0 fully saturated rings. The number of aryl methyl sites for hydroxylation is 1. The number of fused-ring (bicyclic) bond motifs is 1. The van der Waals surface area contributed by atoms with Gasteiger partial charge in [0, 0.05) is 5.56 Å². The monoisotopic (exact) mass is 369 g/mol. The van der Waals surface area contributed by atoms with Gasteiger partial charge in [-0.25, -0.2) is 4.98 Å². The Morgan fingerprint density at radius 3 is 2.15 bits per heavy atom. The zero-order valence-corrected chi connectivity index (χ0v) is 14.7. The molecule has 0 saturated carbocycles. The number of halogens is 3. The summed E-state index contributed by atoms with van der Waals surface area (Å²) in [6, 6.07) is 18.8. The Hall–Kier alpha value is -2.66. The van der Waals surface area contributed by atoms with E-state index in [9.17, 15) is 13.2 Å². The molecule has 0 N–H and O–H groups in total. The topological polar surface area (TPSA) is 12.9 Å². The van der Waals surface area contributed by atoms with Crippen molar-refractivity contribution in [3.8, 4) is 22.3 Å². The molecule has 0 unspecified atom stereocenters. The molecule has 1 heterocycles. The zero-order chi connectivity index (χ0) is 18.3. The Labute approximate surface area is 152 Å². The van der Waals surface area contributed by atoms with E-state index in [1.54, 1.807) is 48.5 Å². The molecule has 0 amide bonds. The predicted octanol–water partition coefficient (Wildman–Crippen LogP) is 6.96. The van der Waals surface area contributed by atoms with Gasteiger partial charge in [0.2, 0.25) is 0 Å². The molecule has 5 heteroatoms. The number of hydrogen-bond donors (Lipinski definition) is 0. The molecule has 26 heavy (non-hydrogen) atoms. The van der Waals surface area contributed by atoms with Crippen LogP contribution in [0.5, 0.6) is 0 Å². The summed E-state index contributed by atoms with van der Waals surface area (Å²) < 4.78 is 43.1. The summed E-state index contributed by atoms with van der Waals surface area (Å²) in [5.41, 5.74) is 1.39. The van der Waals surface area contributed by atoms with Crippen molar-refractivity contribution in [2.45, 2.75) is 13.1 Å². The van der Waals surface area contributed by atoms with Gasteiger partial charge in [0.15, 0.2) is 0 Å². The highest BCUT2D eigenvalue weighted by atomic mass is 32.1. The lowest BCUT2D eigenvalue weighted by Crippen LogP contribution is -2.09. The standard InChI is InChI=1S/C21H14F3NS/c1-13-25-20-17(11-6-12-18(20)26-13)16-10-5-9-15(19(16)21(22,23)24)14-7-3-2-4-8-14/h2-12H,1H3. The van der Waals surface area contributed by atoms with E-state index in [-0.39, 0.29) is 11.1 Å². The third-order valence-electron chi connectivity index (χ3n) is 4.25. The molecule has 3 aromatic carbocycles. The first kappa shape index (κ1) is 16.8. The minimum atomic E-state index is -4.48. The number of thiazole rings is 1. The van der Waals surface area contributed by atoms with Crippen molar-refractivity contribution in [3.63, 3.8) is 0 Å². The van der Waals surface area contributed by atoms with Crippen LogP contribution >= 0.6 is 11.3 Å². The highest BCUT2D eigenvalue weighted by Gasteiger charge is 2.37. The Morgan fingerprint density at radius 2 is 1.42 bits per heavy atom. The summed E-state index contributed by atoms with van der Waals surface area (Å²) in [4.78, 5) is 4.47. The first-order valence-corrected chi connectivity index (χ1v) is 8.89. The Balaban J connectivity index is 2.06. The average molecular weight is 369 g/mol. The summed E-state index contributed by atoms with van der Waals surface area (Å²) in [6.07, 6.45) is -4.48. The molecular formula is C21H14F3NS. The van der Waals surface area contributed by atoms with Gasteiger partial charge in [-0.1, -0.05) is 60.7 Å². The van der Waals surface area contributed by atoms with Crippen molar-refractivity contribution < 1.29 is 13.2 Å². The maximum atomic E-state index is 14.1. The molecule has 4 aromatic rings. The van der Waals surface area contributed by atoms with Crippen LogP contribution in [-0.4, -0.2) is 4.98 Å². The smallest absolute Gasteiger partial charge is 0.241 e. The number of rotatable bonds is 2. The van der Waals surface area contributed by atoms with E-state index in [0.717, 1.165) is 9.71 Å². The van der Waals surface area contributed by atoms with Crippen LogP contribution in [0.3, 0.4) is 0 Å². The molecule has 0 bridgehead atoms. The van der Waals surface area contributed by atoms with E-state index >= 15 is 0 Å². The van der Waals surface area contributed by atoms with Gasteiger partial charge in [-0.15, -0.1) is 11.3 Å². The maximum absolute atomic E-state index is 14.1. The molecule has 0 aliphatic carbocycles. The first-order chi connectivity index (χ1) is 12.4. The highest BCUT2D eigenvalue weighted by molar-refractivity contribution is 7.18. The minimum absolute atomic E-state index is 0.162. The third-order valence-corrected chi connectivity index (χ3v) is 5.18. The number of para-hydroxylation sites is 1. The SMILES string of the molecule is Cc1nc2c(-c3cccc(-c4ccccc4)c3C(F)(F)F)cccc2s1. The molecular weight excluding hydrogens is 355 g/mol. The van der Waals surface area contributed by atoms with Crippen LogP contribution in [0.25, 0.3) is 32.5 Å². The van der Waals surface area contributed by atoms with Crippen LogP contribution in [0.4, 0.5) is 13.2 Å². The van der Waals surface area contributed by atoms with E-state index in [2.05, 4.69) is 4.98 Å². The molecule has 130 valence electrons. The molecule has 1 nitrogen and oxygen atoms in total. The first-order valence-electron chi connectivity index (χ1n) is 8.07. The number of benzene rings is 3. The van der Waals surface area contributed by atoms with E-state index in [0.29, 0.717) is 16.6 Å². The van der Waals surface area contributed by atoms with E-state index < -0.39 is 11.7 Å².